The molecule has 0 bridgehead atoms. The molecule has 0 unspecified atom stereocenters. The van der Waals surface area contributed by atoms with Gasteiger partial charge in [0, 0.05) is 5.56 Å². The molecule has 1 heterocycles. The molecule has 0 radical (unpaired) electrons. The second kappa shape index (κ2) is 7.15. The molecule has 126 valence electrons. The quantitative estimate of drug-likeness (QED) is 0.404. The maximum absolute atomic E-state index is 12.3. The Labute approximate surface area is 151 Å². The van der Waals surface area contributed by atoms with Crippen molar-refractivity contribution in [1.29, 1.82) is 0 Å². The molecule has 4 aromatic rings. The van der Waals surface area contributed by atoms with Crippen LogP contribution in [0.5, 0.6) is 11.6 Å². The molecule has 0 fully saturated rings. The van der Waals surface area contributed by atoms with Gasteiger partial charge in [0.25, 0.3) is 5.88 Å². The van der Waals surface area contributed by atoms with Crippen molar-refractivity contribution in [3.63, 3.8) is 0 Å². The number of benzene rings is 3. The van der Waals surface area contributed by atoms with E-state index >= 15 is 0 Å². The lowest BCUT2D eigenvalue weighted by molar-refractivity contribution is -0.683. The van der Waals surface area contributed by atoms with E-state index in [9.17, 15) is 4.79 Å². The fraction of sp³-hybridized carbons (Fsp3) is 0.0455. The first-order chi connectivity index (χ1) is 12.8. The highest BCUT2D eigenvalue weighted by Crippen LogP contribution is 2.23. The average molecular weight is 341 g/mol. The summed E-state index contributed by atoms with van der Waals surface area (Å²) in [5.41, 5.74) is 0.689. The molecule has 4 rings (SSSR count). The second-order valence-corrected chi connectivity index (χ2v) is 5.97. The van der Waals surface area contributed by atoms with Gasteiger partial charge in [-0.25, -0.2) is 4.98 Å². The summed E-state index contributed by atoms with van der Waals surface area (Å²) in [5, 5.41) is 2.26. The highest BCUT2D eigenvalue weighted by molar-refractivity contribution is 5.94. The predicted octanol–water partition coefficient (Wildman–Crippen LogP) is 4.20. The van der Waals surface area contributed by atoms with E-state index < -0.39 is 0 Å². The van der Waals surface area contributed by atoms with Crippen LogP contribution in [0.25, 0.3) is 10.8 Å². The topological polar surface area (TPSA) is 43.1 Å². The van der Waals surface area contributed by atoms with Crippen LogP contribution in [0.1, 0.15) is 10.4 Å². The molecule has 0 saturated carbocycles. The minimum atomic E-state index is 0.0402. The minimum Gasteiger partial charge on any atom is -0.434 e. The first-order valence-corrected chi connectivity index (χ1v) is 8.38. The number of carbonyl (C=O) groups excluding carboxylic acids is 1. The van der Waals surface area contributed by atoms with Crippen molar-refractivity contribution in [2.24, 2.45) is 0 Å². The maximum Gasteiger partial charge on any atom is 0.285 e. The van der Waals surface area contributed by atoms with Gasteiger partial charge in [0.15, 0.2) is 6.20 Å². The Morgan fingerprint density at radius 3 is 2.54 bits per heavy atom. The van der Waals surface area contributed by atoms with Crippen LogP contribution in [-0.4, -0.2) is 10.8 Å². The van der Waals surface area contributed by atoms with Gasteiger partial charge in [-0.15, -0.1) is 0 Å². The number of hydrogen-bond acceptors (Lipinski definition) is 3. The monoisotopic (exact) mass is 341 g/mol. The molecule has 4 nitrogen and oxygen atoms in total. The Bertz CT molecular complexity index is 1060. The lowest BCUT2D eigenvalue weighted by atomic mass is 10.1. The smallest absolute Gasteiger partial charge is 0.285 e. The fourth-order valence-electron chi connectivity index (χ4n) is 2.79. The fourth-order valence-corrected chi connectivity index (χ4v) is 2.79. The minimum absolute atomic E-state index is 0.0402. The molecule has 3 aromatic carbocycles. The highest BCUT2D eigenvalue weighted by Gasteiger charge is 2.13. The largest absolute Gasteiger partial charge is 0.434 e. The predicted molar refractivity (Wildman–Crippen MR) is 99.2 cm³/mol. The lowest BCUT2D eigenvalue weighted by Gasteiger charge is -2.05. The third-order valence-electron chi connectivity index (χ3n) is 4.10. The Morgan fingerprint density at radius 1 is 0.923 bits per heavy atom. The van der Waals surface area contributed by atoms with E-state index in [-0.39, 0.29) is 12.3 Å². The summed E-state index contributed by atoms with van der Waals surface area (Å²) in [6, 6.07) is 23.3. The van der Waals surface area contributed by atoms with Crippen LogP contribution in [0.3, 0.4) is 0 Å². The van der Waals surface area contributed by atoms with Crippen molar-refractivity contribution in [1.82, 2.24) is 4.98 Å². The molecule has 0 atom stereocenters. The van der Waals surface area contributed by atoms with E-state index in [0.29, 0.717) is 17.2 Å². The van der Waals surface area contributed by atoms with Crippen molar-refractivity contribution in [2.75, 3.05) is 0 Å². The van der Waals surface area contributed by atoms with Crippen molar-refractivity contribution in [3.8, 4) is 11.6 Å². The van der Waals surface area contributed by atoms with Crippen LogP contribution in [0, 0.1) is 0 Å². The van der Waals surface area contributed by atoms with Gasteiger partial charge in [0.05, 0.1) is 6.20 Å². The van der Waals surface area contributed by atoms with E-state index in [4.69, 9.17) is 4.74 Å². The van der Waals surface area contributed by atoms with Gasteiger partial charge in [-0.2, -0.15) is 4.57 Å². The molecule has 0 aliphatic heterocycles. The van der Waals surface area contributed by atoms with Crippen molar-refractivity contribution in [2.45, 2.75) is 6.54 Å². The van der Waals surface area contributed by atoms with Crippen LogP contribution in [0.2, 0.25) is 0 Å². The number of hydrogen-bond donors (Lipinski definition) is 0. The van der Waals surface area contributed by atoms with Crippen LogP contribution >= 0.6 is 0 Å². The number of nitrogens with zero attached hydrogens (tertiary/aromatic N) is 2. The van der Waals surface area contributed by atoms with Crippen molar-refractivity contribution < 1.29 is 14.1 Å². The van der Waals surface area contributed by atoms with Gasteiger partial charge in [-0.05, 0) is 22.9 Å². The van der Waals surface area contributed by atoms with Gasteiger partial charge in [0.2, 0.25) is 18.5 Å². The molecule has 0 N–H and O–H groups in total. The maximum atomic E-state index is 12.3. The molecule has 1 aromatic heterocycles. The van der Waals surface area contributed by atoms with E-state index in [1.807, 2.05) is 66.7 Å². The van der Waals surface area contributed by atoms with Crippen LogP contribution in [0.15, 0.2) is 91.4 Å². The number of aromatic nitrogens is 2. The van der Waals surface area contributed by atoms with Crippen LogP contribution in [0.4, 0.5) is 0 Å². The van der Waals surface area contributed by atoms with Crippen LogP contribution < -0.4 is 9.30 Å². The summed E-state index contributed by atoms with van der Waals surface area (Å²) in [6.07, 6.45) is 5.12. The lowest BCUT2D eigenvalue weighted by Crippen LogP contribution is -2.37. The summed E-state index contributed by atoms with van der Waals surface area (Å²) in [5.74, 6) is 1.20. The summed E-state index contributed by atoms with van der Waals surface area (Å²) < 4.78 is 7.65. The van der Waals surface area contributed by atoms with Gasteiger partial charge in [-0.1, -0.05) is 60.7 Å². The van der Waals surface area contributed by atoms with E-state index in [2.05, 4.69) is 11.1 Å². The molecule has 0 aliphatic carbocycles. The zero-order chi connectivity index (χ0) is 17.8. The Kier molecular flexibility index (Phi) is 4.39. The molecule has 0 spiro atoms. The number of carbonyl (C=O) groups is 1. The number of ketones is 1. The number of ether oxygens (including phenoxy) is 1. The molecular formula is C22H17N2O2+. The van der Waals surface area contributed by atoms with Crippen LogP contribution in [-0.2, 0) is 6.54 Å². The standard InChI is InChI=1S/C22H17N2O2/c25-21(18-7-2-1-3-8-18)15-24-13-12-23-22(16-24)26-20-11-10-17-6-4-5-9-19(17)14-20/h1-14,16H,15H2/q+1. The zero-order valence-electron chi connectivity index (χ0n) is 14.1. The van der Waals surface area contributed by atoms with Gasteiger partial charge in [0.1, 0.15) is 5.75 Å². The average Bonchev–Trinajstić information content (AvgIpc) is 2.69. The summed E-state index contributed by atoms with van der Waals surface area (Å²) in [6.45, 7) is 0.237. The molecule has 0 saturated heterocycles. The summed E-state index contributed by atoms with van der Waals surface area (Å²) in [7, 11) is 0. The van der Waals surface area contributed by atoms with Gasteiger partial charge in [-0.3, -0.25) is 4.79 Å². The normalized spacial score (nSPS) is 10.6. The van der Waals surface area contributed by atoms with E-state index in [1.165, 1.54) is 0 Å². The number of Topliss-reactive ketones (excluding diaryl/α,β-unsaturated/α-hetero) is 1. The SMILES string of the molecule is O=C(C[n+]1ccnc(Oc2ccc3ccccc3c2)c1)c1ccccc1. The Balaban J connectivity index is 1.52. The molecule has 4 heteroatoms. The third kappa shape index (κ3) is 3.59. The highest BCUT2D eigenvalue weighted by atomic mass is 16.5. The van der Waals surface area contributed by atoms with E-state index in [0.717, 1.165) is 10.8 Å². The molecule has 0 amide bonds. The zero-order valence-corrected chi connectivity index (χ0v) is 14.1. The van der Waals surface area contributed by atoms with E-state index in [1.54, 1.807) is 23.2 Å². The summed E-state index contributed by atoms with van der Waals surface area (Å²) >= 11 is 0. The first-order valence-electron chi connectivity index (χ1n) is 8.38. The summed E-state index contributed by atoms with van der Waals surface area (Å²) in [4.78, 5) is 16.6. The number of rotatable bonds is 5. The van der Waals surface area contributed by atoms with Crippen molar-refractivity contribution in [3.05, 3.63) is 97.0 Å². The second-order valence-electron chi connectivity index (χ2n) is 5.97. The Morgan fingerprint density at radius 2 is 1.69 bits per heavy atom. The first kappa shape index (κ1) is 16.0. The van der Waals surface area contributed by atoms with Gasteiger partial charge < -0.3 is 4.74 Å². The number of fused-ring (bicyclic) bond motifs is 1. The van der Waals surface area contributed by atoms with Gasteiger partial charge >= 0.3 is 0 Å². The third-order valence-corrected chi connectivity index (χ3v) is 4.10. The molecule has 26 heavy (non-hydrogen) atoms. The molecule has 0 aliphatic rings. The Hall–Kier alpha value is -3.53. The molecular weight excluding hydrogens is 324 g/mol. The van der Waals surface area contributed by atoms with Crippen molar-refractivity contribution >= 4 is 16.6 Å².